The van der Waals surface area contributed by atoms with E-state index in [1.54, 1.807) is 0 Å². The normalized spacial score (nSPS) is 12.9. The zero-order chi connectivity index (χ0) is 13.2. The van der Waals surface area contributed by atoms with Gasteiger partial charge in [-0.3, -0.25) is 4.79 Å². The van der Waals surface area contributed by atoms with Crippen LogP contribution in [-0.4, -0.2) is 5.91 Å². The first-order chi connectivity index (χ1) is 9.20. The number of hydrogen-bond acceptors (Lipinski definition) is 2. The first-order valence-corrected chi connectivity index (χ1v) is 6.17. The predicted molar refractivity (Wildman–Crippen MR) is 85.8 cm³/mol. The van der Waals surface area contributed by atoms with Gasteiger partial charge in [0, 0.05) is 11.4 Å². The molecular formula is C16H15ClN2O. The van der Waals surface area contributed by atoms with Crippen molar-refractivity contribution < 1.29 is 4.79 Å². The summed E-state index contributed by atoms with van der Waals surface area (Å²) >= 11 is 0. The Bertz CT molecular complexity index is 680. The number of amides is 1. The van der Waals surface area contributed by atoms with E-state index < -0.39 is 0 Å². The molecule has 1 aliphatic heterocycles. The SMILES string of the molecule is Cl.Nc1cccc(/C=C/c2ccc3c(c2)NC(=O)C3)c1. The second kappa shape index (κ2) is 5.80. The van der Waals surface area contributed by atoms with Crippen LogP contribution in [0.4, 0.5) is 11.4 Å². The molecule has 2 aromatic carbocycles. The number of halogens is 1. The van der Waals surface area contributed by atoms with Crippen LogP contribution < -0.4 is 11.1 Å². The van der Waals surface area contributed by atoms with Crippen LogP contribution in [0.2, 0.25) is 0 Å². The average Bonchev–Trinajstić information content (AvgIpc) is 2.75. The van der Waals surface area contributed by atoms with Crippen molar-refractivity contribution in [3.63, 3.8) is 0 Å². The van der Waals surface area contributed by atoms with Gasteiger partial charge in [0.05, 0.1) is 6.42 Å². The highest BCUT2D eigenvalue weighted by atomic mass is 35.5. The fraction of sp³-hybridized carbons (Fsp3) is 0.0625. The van der Waals surface area contributed by atoms with E-state index in [4.69, 9.17) is 5.73 Å². The first-order valence-electron chi connectivity index (χ1n) is 6.17. The highest BCUT2D eigenvalue weighted by Gasteiger charge is 2.16. The fourth-order valence-electron chi connectivity index (χ4n) is 2.19. The van der Waals surface area contributed by atoms with E-state index in [2.05, 4.69) is 5.32 Å². The first kappa shape index (κ1) is 14.2. The summed E-state index contributed by atoms with van der Waals surface area (Å²) in [6, 6.07) is 13.7. The Labute approximate surface area is 123 Å². The number of benzene rings is 2. The van der Waals surface area contributed by atoms with Crippen molar-refractivity contribution in [2.45, 2.75) is 6.42 Å². The Kier molecular flexibility index (Phi) is 4.11. The van der Waals surface area contributed by atoms with Gasteiger partial charge in [-0.05, 0) is 34.9 Å². The molecule has 1 amide bonds. The van der Waals surface area contributed by atoms with E-state index in [1.165, 1.54) is 0 Å². The molecular weight excluding hydrogens is 272 g/mol. The number of nitrogens with two attached hydrogens (primary N) is 1. The number of nitrogens with one attached hydrogen (secondary N) is 1. The summed E-state index contributed by atoms with van der Waals surface area (Å²) in [6.45, 7) is 0. The minimum Gasteiger partial charge on any atom is -0.399 e. The molecule has 3 nitrogen and oxygen atoms in total. The lowest BCUT2D eigenvalue weighted by Gasteiger charge is -2.00. The molecule has 0 unspecified atom stereocenters. The number of nitrogen functional groups attached to an aromatic ring is 1. The second-order valence-electron chi connectivity index (χ2n) is 4.64. The zero-order valence-corrected chi connectivity index (χ0v) is 11.6. The van der Waals surface area contributed by atoms with Crippen LogP contribution >= 0.6 is 12.4 Å². The molecule has 102 valence electrons. The largest absolute Gasteiger partial charge is 0.399 e. The minimum atomic E-state index is 0. The summed E-state index contributed by atoms with van der Waals surface area (Å²) in [4.78, 5) is 11.3. The molecule has 2 aromatic rings. The van der Waals surface area contributed by atoms with Gasteiger partial charge in [0.25, 0.3) is 0 Å². The fourth-order valence-corrected chi connectivity index (χ4v) is 2.19. The van der Waals surface area contributed by atoms with Gasteiger partial charge in [-0.15, -0.1) is 12.4 Å². The van der Waals surface area contributed by atoms with E-state index in [0.717, 1.165) is 28.1 Å². The molecule has 0 atom stereocenters. The predicted octanol–water partition coefficient (Wildman–Crippen LogP) is 3.36. The molecule has 1 heterocycles. The van der Waals surface area contributed by atoms with Gasteiger partial charge >= 0.3 is 0 Å². The lowest BCUT2D eigenvalue weighted by atomic mass is 10.1. The maximum absolute atomic E-state index is 11.3. The van der Waals surface area contributed by atoms with Gasteiger partial charge in [-0.1, -0.05) is 36.4 Å². The van der Waals surface area contributed by atoms with Crippen LogP contribution in [0, 0.1) is 0 Å². The van der Waals surface area contributed by atoms with Crippen molar-refractivity contribution in [2.24, 2.45) is 0 Å². The summed E-state index contributed by atoms with van der Waals surface area (Å²) in [6.07, 6.45) is 4.50. The molecule has 0 aromatic heterocycles. The topological polar surface area (TPSA) is 55.1 Å². The van der Waals surface area contributed by atoms with E-state index in [0.29, 0.717) is 6.42 Å². The molecule has 0 radical (unpaired) electrons. The van der Waals surface area contributed by atoms with Gasteiger partial charge in [0.15, 0.2) is 0 Å². The molecule has 0 bridgehead atoms. The number of rotatable bonds is 2. The molecule has 4 heteroatoms. The summed E-state index contributed by atoms with van der Waals surface area (Å²) in [5, 5.41) is 2.85. The maximum Gasteiger partial charge on any atom is 0.228 e. The Morgan fingerprint density at radius 1 is 1.05 bits per heavy atom. The van der Waals surface area contributed by atoms with Crippen molar-refractivity contribution in [3.8, 4) is 0 Å². The smallest absolute Gasteiger partial charge is 0.228 e. The van der Waals surface area contributed by atoms with Crippen LogP contribution in [-0.2, 0) is 11.2 Å². The Morgan fingerprint density at radius 3 is 2.55 bits per heavy atom. The number of fused-ring (bicyclic) bond motifs is 1. The van der Waals surface area contributed by atoms with Crippen LogP contribution in [0.1, 0.15) is 16.7 Å². The third-order valence-corrected chi connectivity index (χ3v) is 3.14. The van der Waals surface area contributed by atoms with E-state index in [-0.39, 0.29) is 18.3 Å². The number of hydrogen-bond donors (Lipinski definition) is 2. The lowest BCUT2D eigenvalue weighted by molar-refractivity contribution is -0.115. The van der Waals surface area contributed by atoms with Gasteiger partial charge in [0.2, 0.25) is 5.91 Å². The number of carbonyl (C=O) groups excluding carboxylic acids is 1. The number of anilines is 2. The molecule has 3 N–H and O–H groups in total. The average molecular weight is 287 g/mol. The van der Waals surface area contributed by atoms with Crippen molar-refractivity contribution >= 4 is 41.8 Å². The third-order valence-electron chi connectivity index (χ3n) is 3.14. The summed E-state index contributed by atoms with van der Waals surface area (Å²) in [5.41, 5.74) is 10.6. The maximum atomic E-state index is 11.3. The minimum absolute atomic E-state index is 0. The lowest BCUT2D eigenvalue weighted by Crippen LogP contribution is -2.03. The Balaban J connectivity index is 0.00000147. The molecule has 0 saturated carbocycles. The van der Waals surface area contributed by atoms with Crippen LogP contribution in [0.3, 0.4) is 0 Å². The van der Waals surface area contributed by atoms with Crippen molar-refractivity contribution in [3.05, 3.63) is 59.2 Å². The number of carbonyl (C=O) groups is 1. The van der Waals surface area contributed by atoms with Crippen LogP contribution in [0.5, 0.6) is 0 Å². The van der Waals surface area contributed by atoms with Gasteiger partial charge in [0.1, 0.15) is 0 Å². The van der Waals surface area contributed by atoms with E-state index >= 15 is 0 Å². The van der Waals surface area contributed by atoms with Gasteiger partial charge < -0.3 is 11.1 Å². The second-order valence-corrected chi connectivity index (χ2v) is 4.64. The quantitative estimate of drug-likeness (QED) is 0.657. The Hall–Kier alpha value is -2.26. The monoisotopic (exact) mass is 286 g/mol. The summed E-state index contributed by atoms with van der Waals surface area (Å²) in [5.74, 6) is 0.0620. The Morgan fingerprint density at radius 2 is 1.80 bits per heavy atom. The molecule has 0 fully saturated rings. The van der Waals surface area contributed by atoms with Crippen molar-refractivity contribution in [2.75, 3.05) is 11.1 Å². The van der Waals surface area contributed by atoms with Gasteiger partial charge in [-0.2, -0.15) is 0 Å². The summed E-state index contributed by atoms with van der Waals surface area (Å²) < 4.78 is 0. The molecule has 3 rings (SSSR count). The standard InChI is InChI=1S/C16H14N2O.ClH/c17-14-3-1-2-11(8-14)4-5-12-6-7-13-10-16(19)18-15(13)9-12;/h1-9H,10,17H2,(H,18,19);1H/b5-4+;. The summed E-state index contributed by atoms with van der Waals surface area (Å²) in [7, 11) is 0. The van der Waals surface area contributed by atoms with Crippen LogP contribution in [0.25, 0.3) is 12.2 Å². The third kappa shape index (κ3) is 3.00. The molecule has 0 aliphatic carbocycles. The molecule has 0 saturated heterocycles. The molecule has 20 heavy (non-hydrogen) atoms. The highest BCUT2D eigenvalue weighted by Crippen LogP contribution is 2.25. The van der Waals surface area contributed by atoms with Crippen molar-refractivity contribution in [1.82, 2.24) is 0 Å². The van der Waals surface area contributed by atoms with E-state index in [1.807, 2.05) is 54.6 Å². The molecule has 1 aliphatic rings. The highest BCUT2D eigenvalue weighted by molar-refractivity contribution is 5.99. The zero-order valence-electron chi connectivity index (χ0n) is 10.8. The van der Waals surface area contributed by atoms with Gasteiger partial charge in [-0.25, -0.2) is 0 Å². The molecule has 0 spiro atoms. The van der Waals surface area contributed by atoms with Crippen LogP contribution in [0.15, 0.2) is 42.5 Å². The van der Waals surface area contributed by atoms with Crippen molar-refractivity contribution in [1.29, 1.82) is 0 Å². The van der Waals surface area contributed by atoms with E-state index in [9.17, 15) is 4.79 Å².